The molecule has 2 heterocycles. The van der Waals surface area contributed by atoms with Crippen LogP contribution in [-0.2, 0) is 11.3 Å². The normalized spacial score (nSPS) is 11.4. The summed E-state index contributed by atoms with van der Waals surface area (Å²) in [5, 5.41) is 7.45. The molecule has 25 heavy (non-hydrogen) atoms. The molecule has 0 aliphatic carbocycles. The molecule has 0 saturated carbocycles. The SMILES string of the molecule is Cc1nc(N)sc1-c1nc(Nc2ccccc2)ncc1F.NS(=O)[O-]. The van der Waals surface area contributed by atoms with Crippen molar-refractivity contribution in [1.29, 1.82) is 0 Å². The highest BCUT2D eigenvalue weighted by Crippen LogP contribution is 2.32. The van der Waals surface area contributed by atoms with Crippen molar-refractivity contribution in [3.63, 3.8) is 0 Å². The molecule has 3 aromatic rings. The van der Waals surface area contributed by atoms with Crippen molar-refractivity contribution in [2.24, 2.45) is 5.14 Å². The molecule has 0 fully saturated rings. The Morgan fingerprint density at radius 1 is 1.28 bits per heavy atom. The van der Waals surface area contributed by atoms with E-state index in [0.717, 1.165) is 11.9 Å². The van der Waals surface area contributed by atoms with E-state index in [1.165, 1.54) is 11.3 Å². The van der Waals surface area contributed by atoms with E-state index < -0.39 is 17.1 Å². The molecule has 0 bridgehead atoms. The molecule has 1 aromatic carbocycles. The number of nitrogens with zero attached hydrogens (tertiary/aromatic N) is 3. The van der Waals surface area contributed by atoms with Gasteiger partial charge < -0.3 is 15.6 Å². The lowest BCUT2D eigenvalue weighted by Crippen LogP contribution is -2.00. The summed E-state index contributed by atoms with van der Waals surface area (Å²) in [5.74, 6) is -0.177. The third kappa shape index (κ3) is 5.53. The third-order valence-corrected chi connectivity index (χ3v) is 3.80. The molecule has 0 saturated heterocycles. The number of thiazole rings is 1. The average Bonchev–Trinajstić information content (AvgIpc) is 2.88. The minimum absolute atomic E-state index is 0.204. The summed E-state index contributed by atoms with van der Waals surface area (Å²) in [6.45, 7) is 1.77. The van der Waals surface area contributed by atoms with Crippen LogP contribution in [0.1, 0.15) is 5.69 Å². The number of hydrogen-bond acceptors (Lipinski definition) is 8. The van der Waals surface area contributed by atoms with Gasteiger partial charge in [0, 0.05) is 17.0 Å². The molecular formula is C14H14FN6O2S2-. The molecule has 1 atom stereocenters. The fraction of sp³-hybridized carbons (Fsp3) is 0.0714. The van der Waals surface area contributed by atoms with Crippen LogP contribution >= 0.6 is 11.3 Å². The first kappa shape index (κ1) is 18.9. The van der Waals surface area contributed by atoms with Crippen molar-refractivity contribution in [3.8, 4) is 10.6 Å². The Kier molecular flexibility index (Phi) is 6.47. The van der Waals surface area contributed by atoms with E-state index >= 15 is 0 Å². The topological polar surface area (TPSA) is 143 Å². The number of nitrogens with two attached hydrogens (primary N) is 2. The Morgan fingerprint density at radius 2 is 1.92 bits per heavy atom. The van der Waals surface area contributed by atoms with Crippen LogP contribution < -0.4 is 16.2 Å². The van der Waals surface area contributed by atoms with Gasteiger partial charge in [-0.2, -0.15) is 0 Å². The number of rotatable bonds is 3. The van der Waals surface area contributed by atoms with E-state index in [4.69, 9.17) is 14.5 Å². The van der Waals surface area contributed by atoms with Gasteiger partial charge in [-0.3, -0.25) is 9.35 Å². The van der Waals surface area contributed by atoms with Crippen LogP contribution in [0.15, 0.2) is 36.5 Å². The number of hydrogen-bond donors (Lipinski definition) is 3. The summed E-state index contributed by atoms with van der Waals surface area (Å²) in [6, 6.07) is 9.44. The second-order valence-electron chi connectivity index (χ2n) is 4.61. The second kappa shape index (κ2) is 8.58. The molecule has 0 radical (unpaired) electrons. The molecular weight excluding hydrogens is 367 g/mol. The second-order valence-corrected chi connectivity index (χ2v) is 6.16. The van der Waals surface area contributed by atoms with Gasteiger partial charge in [-0.15, -0.1) is 0 Å². The molecule has 132 valence electrons. The van der Waals surface area contributed by atoms with Crippen molar-refractivity contribution in [1.82, 2.24) is 15.0 Å². The van der Waals surface area contributed by atoms with E-state index in [-0.39, 0.29) is 5.69 Å². The van der Waals surface area contributed by atoms with E-state index in [1.807, 2.05) is 30.3 Å². The summed E-state index contributed by atoms with van der Waals surface area (Å²) in [6.07, 6.45) is 1.14. The van der Waals surface area contributed by atoms with Gasteiger partial charge in [0.2, 0.25) is 5.95 Å². The Morgan fingerprint density at radius 3 is 2.48 bits per heavy atom. The van der Waals surface area contributed by atoms with Crippen LogP contribution in [0, 0.1) is 12.7 Å². The highest BCUT2D eigenvalue weighted by Gasteiger charge is 2.15. The lowest BCUT2D eigenvalue weighted by molar-refractivity contribution is 0.539. The highest BCUT2D eigenvalue weighted by molar-refractivity contribution is 7.76. The van der Waals surface area contributed by atoms with E-state index in [9.17, 15) is 4.39 Å². The van der Waals surface area contributed by atoms with Crippen molar-refractivity contribution in [3.05, 3.63) is 48.0 Å². The number of aryl methyl sites for hydroxylation is 1. The molecule has 1 unspecified atom stereocenters. The van der Waals surface area contributed by atoms with Crippen molar-refractivity contribution < 1.29 is 13.2 Å². The number of benzene rings is 1. The highest BCUT2D eigenvalue weighted by atomic mass is 32.2. The molecule has 0 aliphatic heterocycles. The zero-order valence-electron chi connectivity index (χ0n) is 13.0. The third-order valence-electron chi connectivity index (χ3n) is 2.80. The van der Waals surface area contributed by atoms with Crippen molar-refractivity contribution >= 4 is 39.4 Å². The van der Waals surface area contributed by atoms with Gasteiger partial charge >= 0.3 is 0 Å². The number of anilines is 3. The zero-order chi connectivity index (χ0) is 18.4. The predicted octanol–water partition coefficient (Wildman–Crippen LogP) is 2.11. The first-order valence-corrected chi connectivity index (χ1v) is 8.74. The Hall–Kier alpha value is -2.47. The van der Waals surface area contributed by atoms with Gasteiger partial charge in [0.15, 0.2) is 10.9 Å². The Bertz CT molecular complexity index is 871. The van der Waals surface area contributed by atoms with Crippen LogP contribution in [0.5, 0.6) is 0 Å². The van der Waals surface area contributed by atoms with Gasteiger partial charge in [-0.05, 0) is 19.1 Å². The maximum Gasteiger partial charge on any atom is 0.227 e. The number of aromatic nitrogens is 3. The summed E-state index contributed by atoms with van der Waals surface area (Å²) in [4.78, 5) is 12.9. The molecule has 8 nitrogen and oxygen atoms in total. The first-order chi connectivity index (χ1) is 11.9. The molecule has 2 aromatic heterocycles. The van der Waals surface area contributed by atoms with Crippen molar-refractivity contribution in [2.45, 2.75) is 6.92 Å². The maximum absolute atomic E-state index is 14.0. The lowest BCUT2D eigenvalue weighted by atomic mass is 10.3. The van der Waals surface area contributed by atoms with Crippen LogP contribution in [0.3, 0.4) is 0 Å². The van der Waals surface area contributed by atoms with Crippen LogP contribution in [0.25, 0.3) is 10.6 Å². The first-order valence-electron chi connectivity index (χ1n) is 6.78. The van der Waals surface area contributed by atoms with Crippen LogP contribution in [-0.4, -0.2) is 23.7 Å². The van der Waals surface area contributed by atoms with Crippen LogP contribution in [0.4, 0.5) is 21.2 Å². The predicted molar refractivity (Wildman–Crippen MR) is 95.1 cm³/mol. The molecule has 0 aliphatic rings. The summed E-state index contributed by atoms with van der Waals surface area (Å²) >= 11 is -1.16. The molecule has 0 spiro atoms. The lowest BCUT2D eigenvalue weighted by Gasteiger charge is -2.06. The summed E-state index contributed by atoms with van der Waals surface area (Å²) in [5.41, 5.74) is 7.34. The molecule has 5 N–H and O–H groups in total. The quantitative estimate of drug-likeness (QED) is 0.590. The maximum atomic E-state index is 14.0. The number of nitrogens with one attached hydrogen (secondary N) is 1. The van der Waals surface area contributed by atoms with E-state index in [2.05, 4.69) is 25.4 Å². The smallest absolute Gasteiger partial charge is 0.227 e. The Balaban J connectivity index is 0.000000511. The average molecular weight is 381 g/mol. The monoisotopic (exact) mass is 381 g/mol. The largest absolute Gasteiger partial charge is 0.760 e. The van der Waals surface area contributed by atoms with Gasteiger partial charge in [0.25, 0.3) is 0 Å². The molecule has 0 amide bonds. The van der Waals surface area contributed by atoms with E-state index in [1.54, 1.807) is 6.92 Å². The number of halogens is 1. The zero-order valence-corrected chi connectivity index (χ0v) is 14.6. The standard InChI is InChI=1S/C14H12FN5S.H3NO2S/c1-8-12(21-13(16)18-8)11-10(15)7-17-14(20-11)19-9-5-3-2-4-6-9;1-4(2)3/h2-7H,1H3,(H2,16,18)(H,17,19,20);1H2,(H,2,3)/p-1. The minimum Gasteiger partial charge on any atom is -0.760 e. The van der Waals surface area contributed by atoms with Gasteiger partial charge in [-0.25, -0.2) is 19.3 Å². The summed E-state index contributed by atoms with van der Waals surface area (Å²) < 4.78 is 31.5. The van der Waals surface area contributed by atoms with Crippen molar-refractivity contribution in [2.75, 3.05) is 11.1 Å². The minimum atomic E-state index is -2.36. The number of para-hydroxylation sites is 1. The van der Waals surface area contributed by atoms with Crippen LogP contribution in [0.2, 0.25) is 0 Å². The van der Waals surface area contributed by atoms with E-state index in [0.29, 0.717) is 21.7 Å². The molecule has 11 heteroatoms. The van der Waals surface area contributed by atoms with Gasteiger partial charge in [-0.1, -0.05) is 29.5 Å². The van der Waals surface area contributed by atoms with Gasteiger partial charge in [0.1, 0.15) is 5.69 Å². The fourth-order valence-electron chi connectivity index (χ4n) is 1.87. The molecule has 3 rings (SSSR count). The summed E-state index contributed by atoms with van der Waals surface area (Å²) in [7, 11) is 0. The Labute approximate surface area is 149 Å². The fourth-order valence-corrected chi connectivity index (χ4v) is 2.70. The van der Waals surface area contributed by atoms with Gasteiger partial charge in [0.05, 0.1) is 16.8 Å². The number of nitrogen functional groups attached to an aromatic ring is 1.